The predicted octanol–water partition coefficient (Wildman–Crippen LogP) is 3.54. The van der Waals surface area contributed by atoms with E-state index in [1.807, 2.05) is 0 Å². The number of hydrogen-bond acceptors (Lipinski definition) is 3. The summed E-state index contributed by atoms with van der Waals surface area (Å²) in [7, 11) is 0. The molecule has 1 aliphatic carbocycles. The third-order valence-corrected chi connectivity index (χ3v) is 3.94. The summed E-state index contributed by atoms with van der Waals surface area (Å²) in [4.78, 5) is 0. The largest absolute Gasteiger partial charge is 0.417 e. The summed E-state index contributed by atoms with van der Waals surface area (Å²) in [5.74, 6) is 0.103. The smallest absolute Gasteiger partial charge is 0.396 e. The minimum absolute atomic E-state index is 0.0343. The van der Waals surface area contributed by atoms with Gasteiger partial charge in [0.25, 0.3) is 0 Å². The average molecular weight is 298 g/mol. The first-order valence-electron chi connectivity index (χ1n) is 6.94. The van der Waals surface area contributed by atoms with E-state index in [1.54, 1.807) is 6.07 Å². The van der Waals surface area contributed by atoms with Crippen molar-refractivity contribution in [3.05, 3.63) is 29.3 Å². The molecule has 3 nitrogen and oxygen atoms in total. The number of aliphatic hydroxyl groups is 1. The average Bonchev–Trinajstić information content (AvgIpc) is 2.46. The third kappa shape index (κ3) is 3.67. The lowest BCUT2D eigenvalue weighted by Crippen LogP contribution is -2.34. The molecule has 2 atom stereocenters. The Hall–Kier alpha value is -1.74. The molecule has 2 N–H and O–H groups in total. The maximum absolute atomic E-state index is 12.7. The van der Waals surface area contributed by atoms with Crippen LogP contribution in [0.15, 0.2) is 18.2 Å². The Morgan fingerprint density at radius 3 is 2.62 bits per heavy atom. The third-order valence-electron chi connectivity index (χ3n) is 3.94. The van der Waals surface area contributed by atoms with E-state index in [2.05, 4.69) is 5.32 Å². The molecule has 2 rings (SSSR count). The molecule has 1 aromatic rings. The first-order chi connectivity index (χ1) is 9.95. The summed E-state index contributed by atoms with van der Waals surface area (Å²) >= 11 is 0. The number of anilines is 1. The minimum Gasteiger partial charge on any atom is -0.396 e. The molecule has 1 aromatic carbocycles. The number of aliphatic hydroxyl groups excluding tert-OH is 1. The van der Waals surface area contributed by atoms with Crippen molar-refractivity contribution in [2.75, 3.05) is 11.9 Å². The Labute approximate surface area is 121 Å². The molecular formula is C15H17F3N2O. The molecule has 0 aromatic heterocycles. The number of nitrogens with one attached hydrogen (secondary N) is 1. The molecule has 0 heterocycles. The first kappa shape index (κ1) is 15.6. The fraction of sp³-hybridized carbons (Fsp3) is 0.533. The van der Waals surface area contributed by atoms with Gasteiger partial charge in [0.2, 0.25) is 0 Å². The van der Waals surface area contributed by atoms with Crippen molar-refractivity contribution in [3.63, 3.8) is 0 Å². The second-order valence-electron chi connectivity index (χ2n) is 5.35. The summed E-state index contributed by atoms with van der Waals surface area (Å²) in [5, 5.41) is 21.4. The minimum atomic E-state index is -4.53. The van der Waals surface area contributed by atoms with E-state index in [9.17, 15) is 18.3 Å². The van der Waals surface area contributed by atoms with Gasteiger partial charge in [-0.25, -0.2) is 0 Å². The zero-order valence-electron chi connectivity index (χ0n) is 11.5. The summed E-state index contributed by atoms with van der Waals surface area (Å²) in [6, 6.07) is 5.13. The van der Waals surface area contributed by atoms with Crippen molar-refractivity contribution in [1.82, 2.24) is 0 Å². The highest BCUT2D eigenvalue weighted by Gasteiger charge is 2.33. The number of halogens is 3. The molecule has 1 saturated carbocycles. The topological polar surface area (TPSA) is 56.0 Å². The Morgan fingerprint density at radius 1 is 1.29 bits per heavy atom. The van der Waals surface area contributed by atoms with Crippen LogP contribution in [0.3, 0.4) is 0 Å². The van der Waals surface area contributed by atoms with Gasteiger partial charge in [-0.1, -0.05) is 12.8 Å². The maximum atomic E-state index is 12.7. The standard InChI is InChI=1S/C15H17F3N2O/c16-15(17,18)13-6-5-12(7-11(13)8-19)20-14-4-2-1-3-10(14)9-21/h5-7,10,14,20-21H,1-4,9H2. The van der Waals surface area contributed by atoms with Gasteiger partial charge in [0.15, 0.2) is 0 Å². The fourth-order valence-corrected chi connectivity index (χ4v) is 2.80. The first-order valence-corrected chi connectivity index (χ1v) is 6.94. The van der Waals surface area contributed by atoms with Crippen molar-refractivity contribution in [1.29, 1.82) is 5.26 Å². The maximum Gasteiger partial charge on any atom is 0.417 e. The van der Waals surface area contributed by atoms with Gasteiger partial charge >= 0.3 is 6.18 Å². The van der Waals surface area contributed by atoms with Crippen molar-refractivity contribution < 1.29 is 18.3 Å². The second-order valence-corrected chi connectivity index (χ2v) is 5.35. The molecule has 0 radical (unpaired) electrons. The van der Waals surface area contributed by atoms with E-state index in [-0.39, 0.29) is 24.1 Å². The van der Waals surface area contributed by atoms with Gasteiger partial charge in [-0.15, -0.1) is 0 Å². The fourth-order valence-electron chi connectivity index (χ4n) is 2.80. The summed E-state index contributed by atoms with van der Waals surface area (Å²) < 4.78 is 38.2. The van der Waals surface area contributed by atoms with Gasteiger partial charge in [-0.2, -0.15) is 18.4 Å². The van der Waals surface area contributed by atoms with Crippen molar-refractivity contribution >= 4 is 5.69 Å². The van der Waals surface area contributed by atoms with Crippen molar-refractivity contribution in [3.8, 4) is 6.07 Å². The number of rotatable bonds is 3. The Morgan fingerprint density at radius 2 is 2.00 bits per heavy atom. The molecule has 0 amide bonds. The van der Waals surface area contributed by atoms with Gasteiger partial charge in [0, 0.05) is 24.3 Å². The van der Waals surface area contributed by atoms with Gasteiger partial charge in [0.05, 0.1) is 17.2 Å². The van der Waals surface area contributed by atoms with Crippen molar-refractivity contribution in [2.45, 2.75) is 37.9 Å². The van der Waals surface area contributed by atoms with Crippen LogP contribution in [0.25, 0.3) is 0 Å². The van der Waals surface area contributed by atoms with E-state index in [0.29, 0.717) is 5.69 Å². The molecular weight excluding hydrogens is 281 g/mol. The summed E-state index contributed by atoms with van der Waals surface area (Å²) in [5.41, 5.74) is -0.813. The normalized spacial score (nSPS) is 22.6. The van der Waals surface area contributed by atoms with Gasteiger partial charge in [0.1, 0.15) is 0 Å². The van der Waals surface area contributed by atoms with Gasteiger partial charge in [-0.05, 0) is 31.0 Å². The summed E-state index contributed by atoms with van der Waals surface area (Å²) in [6.45, 7) is 0.0589. The molecule has 1 aliphatic rings. The second kappa shape index (κ2) is 6.35. The van der Waals surface area contributed by atoms with Crippen LogP contribution in [-0.2, 0) is 6.18 Å². The number of hydrogen-bond donors (Lipinski definition) is 2. The molecule has 0 aliphatic heterocycles. The molecule has 0 spiro atoms. The van der Waals surface area contributed by atoms with Crippen LogP contribution in [-0.4, -0.2) is 17.8 Å². The van der Waals surface area contributed by atoms with Crippen LogP contribution < -0.4 is 5.32 Å². The lowest BCUT2D eigenvalue weighted by Gasteiger charge is -2.31. The Balaban J connectivity index is 2.20. The summed E-state index contributed by atoms with van der Waals surface area (Å²) in [6.07, 6.45) is -0.671. The van der Waals surface area contributed by atoms with Gasteiger partial charge in [-0.3, -0.25) is 0 Å². The molecule has 114 valence electrons. The van der Waals surface area contributed by atoms with Crippen LogP contribution >= 0.6 is 0 Å². The van der Waals surface area contributed by atoms with E-state index < -0.39 is 11.7 Å². The number of nitrogens with zero attached hydrogens (tertiary/aromatic N) is 1. The van der Waals surface area contributed by atoms with E-state index >= 15 is 0 Å². The lowest BCUT2D eigenvalue weighted by molar-refractivity contribution is -0.137. The molecule has 1 fully saturated rings. The van der Waals surface area contributed by atoms with Crippen LogP contribution in [0.1, 0.15) is 36.8 Å². The van der Waals surface area contributed by atoms with Crippen LogP contribution in [0, 0.1) is 17.2 Å². The van der Waals surface area contributed by atoms with E-state index in [0.717, 1.165) is 31.7 Å². The van der Waals surface area contributed by atoms with Crippen LogP contribution in [0.4, 0.5) is 18.9 Å². The number of alkyl halides is 3. The SMILES string of the molecule is N#Cc1cc(NC2CCCCC2CO)ccc1C(F)(F)F. The van der Waals surface area contributed by atoms with E-state index in [4.69, 9.17) is 5.26 Å². The van der Waals surface area contributed by atoms with Crippen molar-refractivity contribution in [2.24, 2.45) is 5.92 Å². The van der Waals surface area contributed by atoms with Gasteiger partial charge < -0.3 is 10.4 Å². The van der Waals surface area contributed by atoms with Crippen LogP contribution in [0.2, 0.25) is 0 Å². The molecule has 0 bridgehead atoms. The van der Waals surface area contributed by atoms with Crippen LogP contribution in [0.5, 0.6) is 0 Å². The zero-order valence-corrected chi connectivity index (χ0v) is 11.5. The molecule has 21 heavy (non-hydrogen) atoms. The highest BCUT2D eigenvalue weighted by molar-refractivity contribution is 5.54. The van der Waals surface area contributed by atoms with E-state index in [1.165, 1.54) is 12.1 Å². The highest BCUT2D eigenvalue weighted by atomic mass is 19.4. The zero-order chi connectivity index (χ0) is 15.5. The molecule has 0 saturated heterocycles. The Kier molecular flexibility index (Phi) is 4.73. The molecule has 2 unspecified atom stereocenters. The lowest BCUT2D eigenvalue weighted by atomic mass is 9.85. The number of nitriles is 1. The highest BCUT2D eigenvalue weighted by Crippen LogP contribution is 2.34. The quantitative estimate of drug-likeness (QED) is 0.897. The monoisotopic (exact) mass is 298 g/mol. The Bertz CT molecular complexity index is 537. The predicted molar refractivity (Wildman–Crippen MR) is 72.6 cm³/mol. The number of benzene rings is 1. The molecule has 6 heteroatoms.